The lowest BCUT2D eigenvalue weighted by molar-refractivity contribution is -0.147. The van der Waals surface area contributed by atoms with Crippen LogP contribution in [0.25, 0.3) is 5.76 Å². The van der Waals surface area contributed by atoms with Gasteiger partial charge in [-0.05, 0) is 49.3 Å². The molecule has 9 nitrogen and oxygen atoms in total. The molecule has 5 rings (SSSR count). The van der Waals surface area contributed by atoms with Crippen molar-refractivity contribution < 1.29 is 34.8 Å². The summed E-state index contributed by atoms with van der Waals surface area (Å²) in [7, 11) is 0. The number of carbonyl (C=O) groups is 3. The van der Waals surface area contributed by atoms with Gasteiger partial charge in [0.05, 0.1) is 5.56 Å². The van der Waals surface area contributed by atoms with Gasteiger partial charge in [-0.3, -0.25) is 14.4 Å². The molecule has 1 amide bonds. The Labute approximate surface area is 183 Å². The molecule has 0 radical (unpaired) electrons. The minimum Gasteiger partial charge on any atom is -0.508 e. The molecule has 32 heavy (non-hydrogen) atoms. The largest absolute Gasteiger partial charge is 0.508 e. The molecule has 3 atom stereocenters. The summed E-state index contributed by atoms with van der Waals surface area (Å²) >= 11 is 0. The second-order valence-electron chi connectivity index (χ2n) is 9.06. The molecule has 6 N–H and O–H groups in total. The number of aromatic hydroxyl groups is 1. The molecule has 0 aromatic heterocycles. The lowest BCUT2D eigenvalue weighted by Gasteiger charge is -2.46. The van der Waals surface area contributed by atoms with Crippen molar-refractivity contribution in [3.8, 4) is 5.75 Å². The molecule has 3 aliphatic carbocycles. The quantitative estimate of drug-likeness (QED) is 0.426. The Kier molecular flexibility index (Phi) is 4.39. The molecule has 1 saturated heterocycles. The van der Waals surface area contributed by atoms with Crippen LogP contribution >= 0.6 is 0 Å². The van der Waals surface area contributed by atoms with Crippen LogP contribution in [0.2, 0.25) is 0 Å². The second-order valence-corrected chi connectivity index (χ2v) is 9.06. The fourth-order valence-electron chi connectivity index (χ4n) is 5.86. The number of Topliss-reactive ketones (excluding diaryl/α,β-unsaturated/α-hetero) is 2. The molecule has 1 aromatic rings. The Morgan fingerprint density at radius 2 is 1.78 bits per heavy atom. The highest BCUT2D eigenvalue weighted by Crippen LogP contribution is 2.53. The number of ketones is 2. The molecule has 0 bridgehead atoms. The Hall–Kier alpha value is -3.33. The summed E-state index contributed by atoms with van der Waals surface area (Å²) in [6.45, 7) is 1.70. The normalized spacial score (nSPS) is 29.7. The van der Waals surface area contributed by atoms with E-state index in [1.807, 2.05) is 0 Å². The lowest BCUT2D eigenvalue weighted by Crippen LogP contribution is -2.58. The number of phenols is 1. The van der Waals surface area contributed by atoms with E-state index in [9.17, 15) is 34.8 Å². The smallest absolute Gasteiger partial charge is 0.255 e. The minimum absolute atomic E-state index is 0.116. The van der Waals surface area contributed by atoms with Gasteiger partial charge in [0.15, 0.2) is 11.4 Å². The van der Waals surface area contributed by atoms with Crippen molar-refractivity contribution in [2.24, 2.45) is 17.6 Å². The first kappa shape index (κ1) is 20.6. The number of benzene rings is 1. The number of nitrogens with two attached hydrogens (primary N) is 1. The summed E-state index contributed by atoms with van der Waals surface area (Å²) in [6.07, 6.45) is 2.22. The Bertz CT molecular complexity index is 1150. The van der Waals surface area contributed by atoms with Gasteiger partial charge in [0, 0.05) is 36.7 Å². The number of aliphatic hydroxyl groups excluding tert-OH is 2. The van der Waals surface area contributed by atoms with Crippen LogP contribution in [0, 0.1) is 11.8 Å². The summed E-state index contributed by atoms with van der Waals surface area (Å²) in [5, 5.41) is 43.4. The van der Waals surface area contributed by atoms with Gasteiger partial charge in [-0.25, -0.2) is 0 Å². The Morgan fingerprint density at radius 3 is 2.44 bits per heavy atom. The fraction of sp³-hybridized carbons (Fsp3) is 0.435. The van der Waals surface area contributed by atoms with E-state index in [-0.39, 0.29) is 29.7 Å². The topological polar surface area (TPSA) is 161 Å². The number of primary amides is 1. The molecule has 1 saturated carbocycles. The maximum atomic E-state index is 13.5. The van der Waals surface area contributed by atoms with Crippen LogP contribution in [0.3, 0.4) is 0 Å². The maximum Gasteiger partial charge on any atom is 0.255 e. The third kappa shape index (κ3) is 2.57. The van der Waals surface area contributed by atoms with Crippen molar-refractivity contribution in [2.75, 3.05) is 18.0 Å². The summed E-state index contributed by atoms with van der Waals surface area (Å²) in [5.41, 5.74) is 3.50. The predicted octanol–water partition coefficient (Wildman–Crippen LogP) is 1.02. The van der Waals surface area contributed by atoms with E-state index in [1.54, 1.807) is 6.07 Å². The molecule has 9 heteroatoms. The van der Waals surface area contributed by atoms with Gasteiger partial charge in [-0.2, -0.15) is 0 Å². The molecule has 4 aliphatic rings. The van der Waals surface area contributed by atoms with Gasteiger partial charge >= 0.3 is 0 Å². The van der Waals surface area contributed by atoms with Crippen LogP contribution in [-0.4, -0.2) is 56.6 Å². The zero-order valence-electron chi connectivity index (χ0n) is 17.3. The molecular formula is C23H24N2O7. The molecule has 2 fully saturated rings. The zero-order valence-corrected chi connectivity index (χ0v) is 17.3. The van der Waals surface area contributed by atoms with Gasteiger partial charge in [0.2, 0.25) is 5.78 Å². The van der Waals surface area contributed by atoms with Crippen molar-refractivity contribution in [1.29, 1.82) is 0 Å². The zero-order chi connectivity index (χ0) is 22.9. The lowest BCUT2D eigenvalue weighted by atomic mass is 9.59. The fourth-order valence-corrected chi connectivity index (χ4v) is 5.86. The number of aliphatic hydroxyl groups is 3. The van der Waals surface area contributed by atoms with Gasteiger partial charge in [0.1, 0.15) is 22.8 Å². The van der Waals surface area contributed by atoms with Crippen molar-refractivity contribution in [2.45, 2.75) is 37.7 Å². The van der Waals surface area contributed by atoms with E-state index in [2.05, 4.69) is 4.90 Å². The number of rotatable bonds is 2. The molecule has 0 spiro atoms. The van der Waals surface area contributed by atoms with Crippen LogP contribution in [0.4, 0.5) is 5.69 Å². The molecule has 168 valence electrons. The third-order valence-corrected chi connectivity index (χ3v) is 7.37. The van der Waals surface area contributed by atoms with E-state index < -0.39 is 52.0 Å². The van der Waals surface area contributed by atoms with Crippen LogP contribution in [0.15, 0.2) is 29.0 Å². The number of fused-ring (bicyclic) bond motifs is 3. The average Bonchev–Trinajstić information content (AvgIpc) is 3.25. The second kappa shape index (κ2) is 6.83. The number of hydrogen-bond acceptors (Lipinski definition) is 8. The Morgan fingerprint density at radius 1 is 1.09 bits per heavy atom. The standard InChI is InChI=1S/C23H24N2O7/c24-22(31)18-15(27)9-11-7-10-8-12-13(25-5-1-2-6-25)3-4-14(26)17(12)19(28)16(10)20(29)23(11,32)21(18)30/h3-4,10-11,26,28,30,32H,1-2,5-9H2,(H2,24,31). The monoisotopic (exact) mass is 440 g/mol. The summed E-state index contributed by atoms with van der Waals surface area (Å²) in [5.74, 6) is -6.09. The van der Waals surface area contributed by atoms with E-state index in [0.717, 1.165) is 37.2 Å². The summed E-state index contributed by atoms with van der Waals surface area (Å²) in [6, 6.07) is 3.27. The number of amides is 1. The van der Waals surface area contributed by atoms with Crippen LogP contribution < -0.4 is 10.6 Å². The summed E-state index contributed by atoms with van der Waals surface area (Å²) in [4.78, 5) is 39.7. The highest BCUT2D eigenvalue weighted by molar-refractivity contribution is 6.22. The highest BCUT2D eigenvalue weighted by Gasteiger charge is 2.60. The summed E-state index contributed by atoms with van der Waals surface area (Å²) < 4.78 is 0. The van der Waals surface area contributed by atoms with E-state index >= 15 is 0 Å². The van der Waals surface area contributed by atoms with E-state index in [4.69, 9.17) is 5.73 Å². The number of nitrogens with zero attached hydrogens (tertiary/aromatic N) is 1. The number of phenolic OH excluding ortho intramolecular Hbond substituents is 1. The van der Waals surface area contributed by atoms with Crippen molar-refractivity contribution >= 4 is 28.9 Å². The molecule has 3 unspecified atom stereocenters. The van der Waals surface area contributed by atoms with Gasteiger partial charge in [0.25, 0.3) is 5.91 Å². The van der Waals surface area contributed by atoms with Crippen molar-refractivity contribution in [1.82, 2.24) is 0 Å². The molecule has 1 aliphatic heterocycles. The van der Waals surface area contributed by atoms with Gasteiger partial charge in [-0.1, -0.05) is 0 Å². The number of anilines is 1. The molecule has 1 aromatic carbocycles. The molecular weight excluding hydrogens is 416 g/mol. The van der Waals surface area contributed by atoms with Crippen LogP contribution in [0.5, 0.6) is 5.75 Å². The van der Waals surface area contributed by atoms with Crippen molar-refractivity contribution in [3.05, 3.63) is 40.2 Å². The number of hydrogen-bond donors (Lipinski definition) is 5. The SMILES string of the molecule is NC(=O)C1=C(O)C2(O)C(=O)C3=C(O)c4c(O)ccc(N5CCCC5)c4CC3CC2CC1=O. The van der Waals surface area contributed by atoms with Gasteiger partial charge in [-0.15, -0.1) is 0 Å². The molecule has 1 heterocycles. The Balaban J connectivity index is 1.68. The van der Waals surface area contributed by atoms with Crippen molar-refractivity contribution in [3.63, 3.8) is 0 Å². The van der Waals surface area contributed by atoms with E-state index in [0.29, 0.717) is 6.42 Å². The average molecular weight is 440 g/mol. The number of carbonyl (C=O) groups excluding carboxylic acids is 3. The maximum absolute atomic E-state index is 13.5. The first-order valence-electron chi connectivity index (χ1n) is 10.7. The first-order chi connectivity index (χ1) is 15.2. The van der Waals surface area contributed by atoms with Gasteiger partial charge < -0.3 is 31.1 Å². The first-order valence-corrected chi connectivity index (χ1v) is 10.7. The third-order valence-electron chi connectivity index (χ3n) is 7.37. The van der Waals surface area contributed by atoms with E-state index in [1.165, 1.54) is 6.07 Å². The highest BCUT2D eigenvalue weighted by atomic mass is 16.3. The minimum atomic E-state index is -2.53. The predicted molar refractivity (Wildman–Crippen MR) is 113 cm³/mol. The van der Waals surface area contributed by atoms with Crippen LogP contribution in [-0.2, 0) is 20.8 Å². The van der Waals surface area contributed by atoms with Crippen LogP contribution in [0.1, 0.15) is 36.8 Å².